The molecule has 1 amide bonds. The summed E-state index contributed by atoms with van der Waals surface area (Å²) >= 11 is 0. The third-order valence-corrected chi connectivity index (χ3v) is 3.57. The molecule has 3 rings (SSSR count). The number of esters is 1. The first kappa shape index (κ1) is 15.0. The van der Waals surface area contributed by atoms with Crippen molar-refractivity contribution in [1.82, 2.24) is 5.43 Å². The summed E-state index contributed by atoms with van der Waals surface area (Å²) < 4.78 is 5.23. The van der Waals surface area contributed by atoms with Gasteiger partial charge in [0.15, 0.2) is 0 Å². The highest BCUT2D eigenvalue weighted by Crippen LogP contribution is 2.19. The molecule has 0 spiro atoms. The minimum absolute atomic E-state index is 0.181. The van der Waals surface area contributed by atoms with Crippen LogP contribution in [0, 0.1) is 0 Å². The van der Waals surface area contributed by atoms with Crippen molar-refractivity contribution < 1.29 is 14.3 Å². The van der Waals surface area contributed by atoms with Crippen molar-refractivity contribution in [3.63, 3.8) is 0 Å². The molecule has 1 N–H and O–H groups in total. The molecule has 0 bridgehead atoms. The number of nitrogens with one attached hydrogen (secondary N) is 1. The zero-order valence-electron chi connectivity index (χ0n) is 12.5. The fourth-order valence-electron chi connectivity index (χ4n) is 2.28. The first-order chi connectivity index (χ1) is 11.2. The maximum absolute atomic E-state index is 11.9. The zero-order chi connectivity index (χ0) is 16.1. The van der Waals surface area contributed by atoms with E-state index in [9.17, 15) is 9.59 Å². The molecule has 0 aliphatic carbocycles. The molecule has 0 unspecified atom stereocenters. The van der Waals surface area contributed by atoms with Gasteiger partial charge in [0.1, 0.15) is 12.3 Å². The summed E-state index contributed by atoms with van der Waals surface area (Å²) in [5, 5.41) is 3.72. The van der Waals surface area contributed by atoms with Crippen LogP contribution in [0.5, 0.6) is 0 Å². The minimum Gasteiger partial charge on any atom is -0.456 e. The SMILES string of the molecule is O=C1CCC(C(=O)OCc2ccc(-c3ccccc3)cc2)=NN1. The lowest BCUT2D eigenvalue weighted by Crippen LogP contribution is -2.30. The van der Waals surface area contributed by atoms with Crippen molar-refractivity contribution in [2.45, 2.75) is 19.4 Å². The van der Waals surface area contributed by atoms with E-state index < -0.39 is 5.97 Å². The standard InChI is InChI=1S/C18H16N2O3/c21-17-11-10-16(19-20-17)18(22)23-12-13-6-8-15(9-7-13)14-4-2-1-3-5-14/h1-9H,10-12H2,(H,20,21). The van der Waals surface area contributed by atoms with Gasteiger partial charge in [0.25, 0.3) is 0 Å². The summed E-state index contributed by atoms with van der Waals surface area (Å²) in [5.41, 5.74) is 5.69. The van der Waals surface area contributed by atoms with Crippen molar-refractivity contribution in [3.05, 3.63) is 60.2 Å². The number of hydrogen-bond donors (Lipinski definition) is 1. The predicted octanol–water partition coefficient (Wildman–Crippen LogP) is 2.66. The second kappa shape index (κ2) is 6.87. The van der Waals surface area contributed by atoms with Crippen molar-refractivity contribution in [1.29, 1.82) is 0 Å². The lowest BCUT2D eigenvalue weighted by molar-refractivity contribution is -0.137. The third-order valence-electron chi connectivity index (χ3n) is 3.57. The number of amides is 1. The average Bonchev–Trinajstić information content (AvgIpc) is 2.61. The Kier molecular flexibility index (Phi) is 4.47. The quantitative estimate of drug-likeness (QED) is 0.883. The molecule has 2 aromatic rings. The smallest absolute Gasteiger partial charge is 0.354 e. The van der Waals surface area contributed by atoms with E-state index in [1.54, 1.807) is 0 Å². The van der Waals surface area contributed by atoms with Crippen molar-refractivity contribution in [2.24, 2.45) is 5.10 Å². The molecular formula is C18H16N2O3. The van der Waals surface area contributed by atoms with E-state index in [-0.39, 0.29) is 24.6 Å². The molecule has 0 fully saturated rings. The highest BCUT2D eigenvalue weighted by atomic mass is 16.5. The van der Waals surface area contributed by atoms with Gasteiger partial charge in [-0.3, -0.25) is 4.79 Å². The van der Waals surface area contributed by atoms with Crippen LogP contribution >= 0.6 is 0 Å². The van der Waals surface area contributed by atoms with Gasteiger partial charge in [-0.1, -0.05) is 54.6 Å². The lowest BCUT2D eigenvalue weighted by atomic mass is 10.0. The Hall–Kier alpha value is -2.95. The predicted molar refractivity (Wildman–Crippen MR) is 86.5 cm³/mol. The molecule has 5 nitrogen and oxygen atoms in total. The lowest BCUT2D eigenvalue weighted by Gasteiger charge is -2.11. The molecule has 0 atom stereocenters. The second-order valence-electron chi connectivity index (χ2n) is 5.23. The number of hydrazone groups is 1. The van der Waals surface area contributed by atoms with Crippen LogP contribution in [0.4, 0.5) is 0 Å². The van der Waals surface area contributed by atoms with Crippen molar-refractivity contribution >= 4 is 17.6 Å². The number of hydrogen-bond acceptors (Lipinski definition) is 4. The van der Waals surface area contributed by atoms with Gasteiger partial charge >= 0.3 is 5.97 Å². The van der Waals surface area contributed by atoms with E-state index >= 15 is 0 Å². The molecule has 116 valence electrons. The van der Waals surface area contributed by atoms with Crippen LogP contribution in [-0.4, -0.2) is 17.6 Å². The van der Waals surface area contributed by atoms with Gasteiger partial charge in [-0.25, -0.2) is 10.2 Å². The molecule has 1 aliphatic rings. The molecule has 2 aromatic carbocycles. The Labute approximate surface area is 134 Å². The Morgan fingerprint density at radius 1 is 1.00 bits per heavy atom. The number of nitrogens with zero attached hydrogens (tertiary/aromatic N) is 1. The Morgan fingerprint density at radius 2 is 1.70 bits per heavy atom. The topological polar surface area (TPSA) is 67.8 Å². The van der Waals surface area contributed by atoms with Crippen LogP contribution in [0.25, 0.3) is 11.1 Å². The van der Waals surface area contributed by atoms with Gasteiger partial charge in [-0.2, -0.15) is 5.10 Å². The molecule has 0 saturated heterocycles. The van der Waals surface area contributed by atoms with Gasteiger partial charge in [0.2, 0.25) is 5.91 Å². The van der Waals surface area contributed by atoms with Crippen LogP contribution in [-0.2, 0) is 20.9 Å². The van der Waals surface area contributed by atoms with E-state index in [0.717, 1.165) is 16.7 Å². The van der Waals surface area contributed by atoms with E-state index in [2.05, 4.69) is 10.5 Å². The summed E-state index contributed by atoms with van der Waals surface area (Å²) in [6.07, 6.45) is 0.581. The fraction of sp³-hybridized carbons (Fsp3) is 0.167. The average molecular weight is 308 g/mol. The molecule has 1 aliphatic heterocycles. The van der Waals surface area contributed by atoms with Crippen molar-refractivity contribution in [2.75, 3.05) is 0 Å². The molecule has 1 heterocycles. The molecular weight excluding hydrogens is 292 g/mol. The fourth-order valence-corrected chi connectivity index (χ4v) is 2.28. The van der Waals surface area contributed by atoms with E-state index in [0.29, 0.717) is 6.42 Å². The number of ether oxygens (including phenoxy) is 1. The Bertz CT molecular complexity index is 737. The van der Waals surface area contributed by atoms with Crippen LogP contribution < -0.4 is 5.43 Å². The van der Waals surface area contributed by atoms with Crippen LogP contribution in [0.2, 0.25) is 0 Å². The normalized spacial score (nSPS) is 13.9. The number of benzene rings is 2. The van der Waals surface area contributed by atoms with Gasteiger partial charge in [-0.15, -0.1) is 0 Å². The van der Waals surface area contributed by atoms with E-state index in [1.165, 1.54) is 0 Å². The Balaban J connectivity index is 1.59. The molecule has 0 aromatic heterocycles. The monoisotopic (exact) mass is 308 g/mol. The molecule has 23 heavy (non-hydrogen) atoms. The van der Waals surface area contributed by atoms with Gasteiger partial charge in [-0.05, 0) is 16.7 Å². The Morgan fingerprint density at radius 3 is 2.35 bits per heavy atom. The summed E-state index contributed by atoms with van der Waals surface area (Å²) in [4.78, 5) is 22.9. The molecule has 0 saturated carbocycles. The number of rotatable bonds is 4. The first-order valence-corrected chi connectivity index (χ1v) is 7.39. The summed E-state index contributed by atoms with van der Waals surface area (Å²) in [5.74, 6) is -0.671. The van der Waals surface area contributed by atoms with Crippen LogP contribution in [0.1, 0.15) is 18.4 Å². The van der Waals surface area contributed by atoms with Gasteiger partial charge in [0.05, 0.1) is 0 Å². The maximum atomic E-state index is 11.9. The molecule has 0 radical (unpaired) electrons. The second-order valence-corrected chi connectivity index (χ2v) is 5.23. The minimum atomic E-state index is -0.489. The van der Waals surface area contributed by atoms with Gasteiger partial charge in [0, 0.05) is 12.8 Å². The zero-order valence-corrected chi connectivity index (χ0v) is 12.5. The summed E-state index contributed by atoms with van der Waals surface area (Å²) in [7, 11) is 0. The number of carbonyl (C=O) groups excluding carboxylic acids is 2. The summed E-state index contributed by atoms with van der Waals surface area (Å²) in [6.45, 7) is 0.181. The number of carbonyl (C=O) groups is 2. The highest BCUT2D eigenvalue weighted by Gasteiger charge is 2.19. The first-order valence-electron chi connectivity index (χ1n) is 7.39. The van der Waals surface area contributed by atoms with E-state index in [1.807, 2.05) is 54.6 Å². The largest absolute Gasteiger partial charge is 0.456 e. The van der Waals surface area contributed by atoms with Gasteiger partial charge < -0.3 is 4.74 Å². The molecule has 5 heteroatoms. The summed E-state index contributed by atoms with van der Waals surface area (Å²) in [6, 6.07) is 17.9. The highest BCUT2D eigenvalue weighted by molar-refractivity contribution is 6.37. The van der Waals surface area contributed by atoms with E-state index in [4.69, 9.17) is 4.74 Å². The van der Waals surface area contributed by atoms with Crippen LogP contribution in [0.3, 0.4) is 0 Å². The maximum Gasteiger partial charge on any atom is 0.354 e. The van der Waals surface area contributed by atoms with Crippen LogP contribution in [0.15, 0.2) is 59.7 Å². The third kappa shape index (κ3) is 3.83. The van der Waals surface area contributed by atoms with Crippen molar-refractivity contribution in [3.8, 4) is 11.1 Å².